The number of benzene rings is 1. The monoisotopic (exact) mass is 237 g/mol. The SMILES string of the molecule is C=C(C)CN(C)Cc1ccc([S@](C)=O)cc1. The number of hydrogen-bond donors (Lipinski definition) is 0. The molecule has 1 aromatic rings. The van der Waals surface area contributed by atoms with Gasteiger partial charge in [0.2, 0.25) is 0 Å². The minimum Gasteiger partial charge on any atom is -0.298 e. The molecule has 0 fully saturated rings. The fourth-order valence-corrected chi connectivity index (χ4v) is 2.13. The fourth-order valence-electron chi connectivity index (χ4n) is 1.61. The van der Waals surface area contributed by atoms with Crippen LogP contribution in [0.4, 0.5) is 0 Å². The van der Waals surface area contributed by atoms with E-state index in [1.54, 1.807) is 6.26 Å². The average molecular weight is 237 g/mol. The van der Waals surface area contributed by atoms with Gasteiger partial charge in [0, 0.05) is 35.0 Å². The van der Waals surface area contributed by atoms with E-state index in [4.69, 9.17) is 0 Å². The summed E-state index contributed by atoms with van der Waals surface area (Å²) >= 11 is 0. The summed E-state index contributed by atoms with van der Waals surface area (Å²) in [7, 11) is 1.18. The Kier molecular flexibility index (Phi) is 4.90. The van der Waals surface area contributed by atoms with Gasteiger partial charge in [-0.25, -0.2) is 0 Å². The Labute approximate surface area is 100 Å². The predicted molar refractivity (Wildman–Crippen MR) is 69.9 cm³/mol. The van der Waals surface area contributed by atoms with Crippen molar-refractivity contribution in [2.75, 3.05) is 19.8 Å². The number of rotatable bonds is 5. The van der Waals surface area contributed by atoms with Crippen molar-refractivity contribution < 1.29 is 4.21 Å². The molecule has 1 aromatic carbocycles. The van der Waals surface area contributed by atoms with Crippen molar-refractivity contribution >= 4 is 10.8 Å². The van der Waals surface area contributed by atoms with Crippen LogP contribution in [0, 0.1) is 0 Å². The summed E-state index contributed by atoms with van der Waals surface area (Å²) in [5, 5.41) is 0. The maximum absolute atomic E-state index is 11.2. The largest absolute Gasteiger partial charge is 0.298 e. The Balaban J connectivity index is 2.61. The lowest BCUT2D eigenvalue weighted by Crippen LogP contribution is -2.19. The van der Waals surface area contributed by atoms with Crippen LogP contribution in [-0.4, -0.2) is 29.0 Å². The summed E-state index contributed by atoms with van der Waals surface area (Å²) in [6.45, 7) is 7.72. The first-order chi connectivity index (χ1) is 7.49. The minimum absolute atomic E-state index is 0.881. The van der Waals surface area contributed by atoms with Crippen molar-refractivity contribution in [2.45, 2.75) is 18.4 Å². The minimum atomic E-state index is -0.887. The third kappa shape index (κ3) is 4.29. The Hall–Kier alpha value is -0.930. The van der Waals surface area contributed by atoms with Crippen LogP contribution in [0.15, 0.2) is 41.3 Å². The molecule has 3 heteroatoms. The zero-order valence-electron chi connectivity index (χ0n) is 10.2. The molecule has 0 unspecified atom stereocenters. The molecule has 0 aliphatic rings. The number of hydrogen-bond acceptors (Lipinski definition) is 2. The Morgan fingerprint density at radius 1 is 1.38 bits per heavy atom. The second-order valence-electron chi connectivity index (χ2n) is 4.23. The van der Waals surface area contributed by atoms with Crippen LogP contribution in [0.3, 0.4) is 0 Å². The molecule has 0 saturated heterocycles. The van der Waals surface area contributed by atoms with E-state index in [0.717, 1.165) is 23.6 Å². The molecule has 0 aromatic heterocycles. The smallest absolute Gasteiger partial charge is 0.0498 e. The Morgan fingerprint density at radius 3 is 2.38 bits per heavy atom. The van der Waals surface area contributed by atoms with E-state index < -0.39 is 10.8 Å². The molecule has 0 amide bonds. The second-order valence-corrected chi connectivity index (χ2v) is 5.61. The van der Waals surface area contributed by atoms with Gasteiger partial charge in [-0.1, -0.05) is 24.3 Å². The number of likely N-dealkylation sites (N-methyl/N-ethyl adjacent to an activating group) is 1. The Bertz CT molecular complexity index is 383. The normalized spacial score (nSPS) is 12.8. The van der Waals surface area contributed by atoms with E-state index in [9.17, 15) is 4.21 Å². The highest BCUT2D eigenvalue weighted by atomic mass is 32.2. The van der Waals surface area contributed by atoms with Gasteiger partial charge in [0.25, 0.3) is 0 Å². The van der Waals surface area contributed by atoms with Gasteiger partial charge >= 0.3 is 0 Å². The van der Waals surface area contributed by atoms with E-state index in [-0.39, 0.29) is 0 Å². The van der Waals surface area contributed by atoms with Crippen LogP contribution >= 0.6 is 0 Å². The molecule has 0 radical (unpaired) electrons. The summed E-state index contributed by atoms with van der Waals surface area (Å²) in [5.41, 5.74) is 2.40. The van der Waals surface area contributed by atoms with Crippen LogP contribution in [0.25, 0.3) is 0 Å². The van der Waals surface area contributed by atoms with Crippen molar-refractivity contribution in [3.8, 4) is 0 Å². The summed E-state index contributed by atoms with van der Waals surface area (Å²) in [6, 6.07) is 7.93. The molecule has 0 saturated carbocycles. The van der Waals surface area contributed by atoms with Crippen molar-refractivity contribution in [3.63, 3.8) is 0 Å². The molecule has 0 aliphatic heterocycles. The first kappa shape index (κ1) is 13.1. The van der Waals surface area contributed by atoms with Crippen LogP contribution in [0.5, 0.6) is 0 Å². The highest BCUT2D eigenvalue weighted by Crippen LogP contribution is 2.09. The summed E-state index contributed by atoms with van der Waals surface area (Å²) in [4.78, 5) is 3.09. The van der Waals surface area contributed by atoms with Crippen LogP contribution < -0.4 is 0 Å². The lowest BCUT2D eigenvalue weighted by molar-refractivity contribution is 0.355. The zero-order valence-corrected chi connectivity index (χ0v) is 11.0. The molecule has 0 aliphatic carbocycles. The van der Waals surface area contributed by atoms with Gasteiger partial charge < -0.3 is 0 Å². The molecule has 16 heavy (non-hydrogen) atoms. The van der Waals surface area contributed by atoms with Gasteiger partial charge in [-0.05, 0) is 31.7 Å². The standard InChI is InChI=1S/C13H19NOS/c1-11(2)9-14(3)10-12-5-7-13(8-6-12)16(4)15/h5-8H,1,9-10H2,2-4H3/t16-/m0/s1. The van der Waals surface area contributed by atoms with Gasteiger partial charge in [-0.3, -0.25) is 9.11 Å². The van der Waals surface area contributed by atoms with E-state index in [0.29, 0.717) is 0 Å². The van der Waals surface area contributed by atoms with E-state index in [2.05, 4.69) is 18.5 Å². The first-order valence-corrected chi connectivity index (χ1v) is 6.80. The van der Waals surface area contributed by atoms with Crippen molar-refractivity contribution in [1.29, 1.82) is 0 Å². The van der Waals surface area contributed by atoms with Crippen LogP contribution in [0.2, 0.25) is 0 Å². The van der Waals surface area contributed by atoms with Gasteiger partial charge in [-0.15, -0.1) is 0 Å². The molecule has 88 valence electrons. The van der Waals surface area contributed by atoms with Crippen LogP contribution in [0.1, 0.15) is 12.5 Å². The summed E-state index contributed by atoms with van der Waals surface area (Å²) in [6.07, 6.45) is 1.70. The molecule has 0 N–H and O–H groups in total. The summed E-state index contributed by atoms with van der Waals surface area (Å²) < 4.78 is 11.2. The van der Waals surface area contributed by atoms with Crippen molar-refractivity contribution in [2.24, 2.45) is 0 Å². The molecular weight excluding hydrogens is 218 g/mol. The zero-order chi connectivity index (χ0) is 12.1. The third-order valence-electron chi connectivity index (χ3n) is 2.25. The van der Waals surface area contributed by atoms with Crippen LogP contribution in [-0.2, 0) is 17.3 Å². The van der Waals surface area contributed by atoms with Gasteiger partial charge in [0.05, 0.1) is 0 Å². The van der Waals surface area contributed by atoms with E-state index in [1.807, 2.05) is 31.2 Å². The third-order valence-corrected chi connectivity index (χ3v) is 3.18. The maximum Gasteiger partial charge on any atom is 0.0498 e. The van der Waals surface area contributed by atoms with E-state index >= 15 is 0 Å². The Morgan fingerprint density at radius 2 is 1.94 bits per heavy atom. The first-order valence-electron chi connectivity index (χ1n) is 5.24. The van der Waals surface area contributed by atoms with Crippen molar-refractivity contribution in [1.82, 2.24) is 4.90 Å². The van der Waals surface area contributed by atoms with E-state index in [1.165, 1.54) is 5.56 Å². The second kappa shape index (κ2) is 5.97. The van der Waals surface area contributed by atoms with Gasteiger partial charge in [0.15, 0.2) is 0 Å². The molecule has 1 atom stereocenters. The highest BCUT2D eigenvalue weighted by molar-refractivity contribution is 7.84. The molecular formula is C13H19NOS. The average Bonchev–Trinajstić information content (AvgIpc) is 2.16. The number of nitrogens with zero attached hydrogens (tertiary/aromatic N) is 1. The van der Waals surface area contributed by atoms with Gasteiger partial charge in [-0.2, -0.15) is 0 Å². The quantitative estimate of drug-likeness (QED) is 0.733. The maximum atomic E-state index is 11.2. The fraction of sp³-hybridized carbons (Fsp3) is 0.385. The van der Waals surface area contributed by atoms with Gasteiger partial charge in [0.1, 0.15) is 0 Å². The lowest BCUT2D eigenvalue weighted by atomic mass is 10.2. The highest BCUT2D eigenvalue weighted by Gasteiger charge is 2.01. The molecule has 0 heterocycles. The van der Waals surface area contributed by atoms with Crippen molar-refractivity contribution in [3.05, 3.63) is 42.0 Å². The topological polar surface area (TPSA) is 20.3 Å². The molecule has 0 spiro atoms. The predicted octanol–water partition coefficient (Wildman–Crippen LogP) is 2.43. The molecule has 1 rings (SSSR count). The molecule has 2 nitrogen and oxygen atoms in total. The lowest BCUT2D eigenvalue weighted by Gasteiger charge is -2.16. The summed E-state index contributed by atoms with van der Waals surface area (Å²) in [5.74, 6) is 0. The molecule has 0 bridgehead atoms.